The molecule has 1 aromatic rings. The van der Waals surface area contributed by atoms with E-state index < -0.39 is 0 Å². The predicted molar refractivity (Wildman–Crippen MR) is 148 cm³/mol. The Morgan fingerprint density at radius 1 is 1.18 bits per heavy atom. The van der Waals surface area contributed by atoms with Crippen LogP contribution in [0.1, 0.15) is 77.5 Å². The van der Waals surface area contributed by atoms with Crippen LogP contribution in [0.5, 0.6) is 0 Å². The molecule has 1 aliphatic rings. The molecule has 0 saturated carbocycles. The van der Waals surface area contributed by atoms with Crippen LogP contribution in [0.25, 0.3) is 5.57 Å². The summed E-state index contributed by atoms with van der Waals surface area (Å²) >= 11 is 0. The van der Waals surface area contributed by atoms with Crippen molar-refractivity contribution in [2.75, 3.05) is 0 Å². The molecule has 0 bridgehead atoms. The smallest absolute Gasteiger partial charge is 0.160 e. The van der Waals surface area contributed by atoms with E-state index in [1.165, 1.54) is 22.3 Å². The molecule has 0 fully saturated rings. The Kier molecular flexibility index (Phi) is 10.2. The highest BCUT2D eigenvalue weighted by atomic mass is 16.1. The lowest BCUT2D eigenvalue weighted by Crippen LogP contribution is -2.21. The molecule has 3 nitrogen and oxygen atoms in total. The van der Waals surface area contributed by atoms with Crippen LogP contribution in [0.2, 0.25) is 0 Å². The fraction of sp³-hybridized carbons (Fsp3) is 0.355. The van der Waals surface area contributed by atoms with Crippen molar-refractivity contribution in [2.24, 2.45) is 4.99 Å². The van der Waals surface area contributed by atoms with Gasteiger partial charge in [-0.05, 0) is 87.4 Å². The van der Waals surface area contributed by atoms with Crippen molar-refractivity contribution < 1.29 is 4.79 Å². The molecule has 0 unspecified atom stereocenters. The summed E-state index contributed by atoms with van der Waals surface area (Å²) in [5, 5.41) is 3.35. The summed E-state index contributed by atoms with van der Waals surface area (Å²) in [5.41, 5.74) is 9.63. The molecular weight excluding hydrogens is 416 g/mol. The Labute approximate surface area is 206 Å². The van der Waals surface area contributed by atoms with Crippen LogP contribution in [-0.2, 0) is 11.2 Å². The molecule has 1 aliphatic heterocycles. The molecule has 0 aromatic heterocycles. The number of Topliss-reactive ketones (excluding diaryl/α,β-unsaturated/α-hetero) is 1. The number of nitrogens with zero attached hydrogens (tertiary/aromatic N) is 1. The lowest BCUT2D eigenvalue weighted by molar-refractivity contribution is -0.111. The molecule has 1 N–H and O–H groups in total. The molecule has 1 heterocycles. The van der Waals surface area contributed by atoms with Crippen molar-refractivity contribution in [3.8, 4) is 0 Å². The van der Waals surface area contributed by atoms with Gasteiger partial charge in [0.15, 0.2) is 5.78 Å². The maximum atomic E-state index is 12.9. The number of rotatable bonds is 9. The van der Waals surface area contributed by atoms with E-state index in [9.17, 15) is 4.79 Å². The van der Waals surface area contributed by atoms with Crippen LogP contribution in [0.15, 0.2) is 88.3 Å². The highest BCUT2D eigenvalue weighted by Gasteiger charge is 2.18. The lowest BCUT2D eigenvalue weighted by Gasteiger charge is -2.16. The second kappa shape index (κ2) is 12.9. The first-order valence-corrected chi connectivity index (χ1v) is 12.3. The molecule has 0 spiro atoms. The third-order valence-electron chi connectivity index (χ3n) is 6.14. The standard InChI is InChI=1S/C31H40N2O/c1-9-13-26-15-12-14-22(5)31(26)29(25(8)34)19-27-20-32-30(18-23(6)28(27)11-3)33-24(7)17-16-21(4)10-2/h10,12,14-17,19-20H,7,9,11,13,18H2,1-6,8H3,(H,32,33)/b17-16-,21-10-,29-19+. The van der Waals surface area contributed by atoms with Crippen molar-refractivity contribution in [3.63, 3.8) is 0 Å². The van der Waals surface area contributed by atoms with Crippen LogP contribution in [0.4, 0.5) is 0 Å². The van der Waals surface area contributed by atoms with Gasteiger partial charge < -0.3 is 5.32 Å². The molecule has 0 aliphatic carbocycles. The minimum absolute atomic E-state index is 0.0742. The van der Waals surface area contributed by atoms with Crippen LogP contribution < -0.4 is 5.32 Å². The number of nitrogens with one attached hydrogen (secondary N) is 1. The Morgan fingerprint density at radius 3 is 2.53 bits per heavy atom. The zero-order valence-electron chi connectivity index (χ0n) is 22.0. The summed E-state index contributed by atoms with van der Waals surface area (Å²) in [6, 6.07) is 6.30. The Bertz CT molecular complexity index is 1120. The monoisotopic (exact) mass is 456 g/mol. The van der Waals surface area contributed by atoms with Gasteiger partial charge in [0, 0.05) is 23.9 Å². The second-order valence-electron chi connectivity index (χ2n) is 8.94. The SMILES string of the molecule is C=C(/C=C\C(C)=C/C)NC1=NC=C(/C=C(\C(C)=O)c2c(C)cccc2CCC)C(CC)=C(C)C1. The van der Waals surface area contributed by atoms with Gasteiger partial charge in [0.25, 0.3) is 0 Å². The highest BCUT2D eigenvalue weighted by molar-refractivity contribution is 6.21. The first kappa shape index (κ1) is 27.0. The molecular formula is C31H40N2O. The average Bonchev–Trinajstić information content (AvgIpc) is 2.94. The zero-order chi connectivity index (χ0) is 25.3. The molecule has 3 heteroatoms. The van der Waals surface area contributed by atoms with E-state index in [-0.39, 0.29) is 5.78 Å². The van der Waals surface area contributed by atoms with Crippen LogP contribution >= 0.6 is 0 Å². The quantitative estimate of drug-likeness (QED) is 0.302. The van der Waals surface area contributed by atoms with Crippen molar-refractivity contribution in [1.29, 1.82) is 0 Å². The van der Waals surface area contributed by atoms with Crippen molar-refractivity contribution in [2.45, 2.75) is 74.1 Å². The molecule has 0 amide bonds. The predicted octanol–water partition coefficient (Wildman–Crippen LogP) is 7.96. The number of hydrogen-bond donors (Lipinski definition) is 1. The number of ketones is 1. The molecule has 180 valence electrons. The minimum Gasteiger partial charge on any atom is -0.344 e. The number of carbonyl (C=O) groups excluding carboxylic acids is 1. The van der Waals surface area contributed by atoms with Crippen molar-refractivity contribution in [3.05, 3.63) is 100.0 Å². The highest BCUT2D eigenvalue weighted by Crippen LogP contribution is 2.31. The summed E-state index contributed by atoms with van der Waals surface area (Å²) in [7, 11) is 0. The van der Waals surface area contributed by atoms with Gasteiger partial charge in [0.05, 0.1) is 0 Å². The van der Waals surface area contributed by atoms with Gasteiger partial charge in [-0.3, -0.25) is 4.79 Å². The summed E-state index contributed by atoms with van der Waals surface area (Å²) in [6.07, 6.45) is 13.6. The maximum Gasteiger partial charge on any atom is 0.160 e. The molecule has 0 atom stereocenters. The normalized spacial score (nSPS) is 15.3. The van der Waals surface area contributed by atoms with Gasteiger partial charge in [-0.2, -0.15) is 0 Å². The molecule has 2 rings (SSSR count). The fourth-order valence-corrected chi connectivity index (χ4v) is 4.23. The largest absolute Gasteiger partial charge is 0.344 e. The summed E-state index contributed by atoms with van der Waals surface area (Å²) in [4.78, 5) is 17.6. The third-order valence-corrected chi connectivity index (χ3v) is 6.14. The Hall–Kier alpha value is -3.20. The Morgan fingerprint density at radius 2 is 1.91 bits per heavy atom. The summed E-state index contributed by atoms with van der Waals surface area (Å²) in [6.45, 7) is 18.4. The zero-order valence-corrected chi connectivity index (χ0v) is 22.0. The lowest BCUT2D eigenvalue weighted by atomic mass is 9.88. The minimum atomic E-state index is 0.0742. The maximum absolute atomic E-state index is 12.9. The van der Waals surface area contributed by atoms with E-state index in [0.717, 1.165) is 53.1 Å². The number of allylic oxidation sites excluding steroid dienone is 8. The van der Waals surface area contributed by atoms with Gasteiger partial charge in [-0.25, -0.2) is 4.99 Å². The second-order valence-corrected chi connectivity index (χ2v) is 8.94. The van der Waals surface area contributed by atoms with Crippen LogP contribution in [-0.4, -0.2) is 11.6 Å². The number of amidine groups is 1. The van der Waals surface area contributed by atoms with Crippen molar-refractivity contribution >= 4 is 17.2 Å². The topological polar surface area (TPSA) is 41.5 Å². The van der Waals surface area contributed by atoms with E-state index in [4.69, 9.17) is 4.99 Å². The van der Waals surface area contributed by atoms with Crippen LogP contribution in [0.3, 0.4) is 0 Å². The van der Waals surface area contributed by atoms with Crippen LogP contribution in [0, 0.1) is 6.92 Å². The molecule has 1 aromatic carbocycles. The first-order valence-electron chi connectivity index (χ1n) is 12.3. The molecule has 0 radical (unpaired) electrons. The Balaban J connectivity index is 2.54. The average molecular weight is 457 g/mol. The summed E-state index contributed by atoms with van der Waals surface area (Å²) < 4.78 is 0. The number of carbonyl (C=O) groups is 1. The van der Waals surface area contributed by atoms with E-state index in [0.29, 0.717) is 6.42 Å². The fourth-order valence-electron chi connectivity index (χ4n) is 4.23. The van der Waals surface area contributed by atoms with Gasteiger partial charge in [0.1, 0.15) is 5.84 Å². The number of benzene rings is 1. The molecule has 0 saturated heterocycles. The molecule has 34 heavy (non-hydrogen) atoms. The number of aliphatic imine (C=N–C) groups is 1. The van der Waals surface area contributed by atoms with E-state index in [1.54, 1.807) is 6.92 Å². The van der Waals surface area contributed by atoms with E-state index in [2.05, 4.69) is 70.8 Å². The van der Waals surface area contributed by atoms with Gasteiger partial charge in [-0.1, -0.05) is 68.3 Å². The van der Waals surface area contributed by atoms with Crippen molar-refractivity contribution in [1.82, 2.24) is 5.32 Å². The van der Waals surface area contributed by atoms with E-state index >= 15 is 0 Å². The van der Waals surface area contributed by atoms with Gasteiger partial charge >= 0.3 is 0 Å². The van der Waals surface area contributed by atoms with Gasteiger partial charge in [0.2, 0.25) is 0 Å². The third kappa shape index (κ3) is 7.15. The number of aryl methyl sites for hydroxylation is 2. The summed E-state index contributed by atoms with van der Waals surface area (Å²) in [5.74, 6) is 0.927. The first-order chi connectivity index (χ1) is 16.2. The van der Waals surface area contributed by atoms with E-state index in [1.807, 2.05) is 31.4 Å². The van der Waals surface area contributed by atoms with Gasteiger partial charge in [-0.15, -0.1) is 0 Å². The number of hydrogen-bond acceptors (Lipinski definition) is 3.